The van der Waals surface area contributed by atoms with E-state index < -0.39 is 28.7 Å². The summed E-state index contributed by atoms with van der Waals surface area (Å²) in [6.07, 6.45) is -0.0311. The third kappa shape index (κ3) is 3.04. The van der Waals surface area contributed by atoms with E-state index in [-0.39, 0.29) is 24.9 Å². The van der Waals surface area contributed by atoms with Crippen molar-refractivity contribution in [3.05, 3.63) is 39.9 Å². The number of benzene rings is 1. The molecule has 1 saturated heterocycles. The van der Waals surface area contributed by atoms with Gasteiger partial charge in [0.25, 0.3) is 5.69 Å². The Kier molecular flexibility index (Phi) is 3.97. The zero-order valence-electron chi connectivity index (χ0n) is 10.9. The standard InChI is InChI=1S/C13H12N2O6/c16-11-6-5-10(13(18)19)14(11)12(17)7-8-1-3-9(4-2-8)15(20)21/h1-4,10H,5-7H2,(H,18,19). The number of non-ortho nitro benzene ring substituents is 1. The van der Waals surface area contributed by atoms with Crippen molar-refractivity contribution in [3.63, 3.8) is 0 Å². The van der Waals surface area contributed by atoms with Gasteiger partial charge in [-0.3, -0.25) is 24.6 Å². The molecule has 0 saturated carbocycles. The molecule has 8 nitrogen and oxygen atoms in total. The summed E-state index contributed by atoms with van der Waals surface area (Å²) in [5.41, 5.74) is 0.376. The predicted octanol–water partition coefficient (Wildman–Crippen LogP) is 0.739. The first-order valence-corrected chi connectivity index (χ1v) is 6.21. The number of hydrogen-bond acceptors (Lipinski definition) is 5. The van der Waals surface area contributed by atoms with Crippen LogP contribution in [0.1, 0.15) is 18.4 Å². The van der Waals surface area contributed by atoms with Crippen molar-refractivity contribution in [2.75, 3.05) is 0 Å². The first-order valence-electron chi connectivity index (χ1n) is 6.21. The summed E-state index contributed by atoms with van der Waals surface area (Å²) >= 11 is 0. The second-order valence-corrected chi connectivity index (χ2v) is 4.65. The number of carboxylic acids is 1. The van der Waals surface area contributed by atoms with Gasteiger partial charge >= 0.3 is 5.97 Å². The number of aliphatic carboxylic acids is 1. The minimum atomic E-state index is -1.21. The quantitative estimate of drug-likeness (QED) is 0.646. The Hall–Kier alpha value is -2.77. The summed E-state index contributed by atoms with van der Waals surface area (Å²) in [7, 11) is 0. The maximum Gasteiger partial charge on any atom is 0.326 e. The number of carboxylic acid groups (broad SMARTS) is 1. The van der Waals surface area contributed by atoms with Crippen LogP contribution in [0.5, 0.6) is 0 Å². The van der Waals surface area contributed by atoms with Gasteiger partial charge in [-0.1, -0.05) is 12.1 Å². The Labute approximate surface area is 119 Å². The van der Waals surface area contributed by atoms with Gasteiger partial charge in [-0.25, -0.2) is 4.79 Å². The Morgan fingerprint density at radius 1 is 1.33 bits per heavy atom. The molecule has 0 spiro atoms. The van der Waals surface area contributed by atoms with E-state index in [2.05, 4.69) is 0 Å². The third-order valence-electron chi connectivity index (χ3n) is 3.27. The van der Waals surface area contributed by atoms with Crippen LogP contribution in [0.25, 0.3) is 0 Å². The van der Waals surface area contributed by atoms with Crippen LogP contribution in [-0.4, -0.2) is 38.8 Å². The lowest BCUT2D eigenvalue weighted by Gasteiger charge is -2.19. The molecule has 2 amide bonds. The topological polar surface area (TPSA) is 118 Å². The number of hydrogen-bond donors (Lipinski definition) is 1. The van der Waals surface area contributed by atoms with Gasteiger partial charge in [-0.2, -0.15) is 0 Å². The smallest absolute Gasteiger partial charge is 0.326 e. The molecule has 1 unspecified atom stereocenters. The summed E-state index contributed by atoms with van der Waals surface area (Å²) in [5, 5.41) is 19.5. The lowest BCUT2D eigenvalue weighted by atomic mass is 10.1. The summed E-state index contributed by atoms with van der Waals surface area (Å²) in [5.74, 6) is -2.33. The second kappa shape index (κ2) is 5.70. The van der Waals surface area contributed by atoms with Crippen molar-refractivity contribution in [1.82, 2.24) is 4.90 Å². The molecule has 0 radical (unpaired) electrons. The lowest BCUT2D eigenvalue weighted by molar-refractivity contribution is -0.384. The number of carbonyl (C=O) groups is 3. The first kappa shape index (κ1) is 14.6. The van der Waals surface area contributed by atoms with E-state index in [1.54, 1.807) is 0 Å². The van der Waals surface area contributed by atoms with E-state index >= 15 is 0 Å². The molecule has 1 fully saturated rings. The molecule has 0 aromatic heterocycles. The van der Waals surface area contributed by atoms with Gasteiger partial charge in [-0.05, 0) is 12.0 Å². The Balaban J connectivity index is 2.11. The zero-order valence-corrected chi connectivity index (χ0v) is 10.9. The average Bonchev–Trinajstić information content (AvgIpc) is 2.81. The molecule has 2 rings (SSSR count). The monoisotopic (exact) mass is 292 g/mol. The van der Waals surface area contributed by atoms with E-state index in [9.17, 15) is 24.5 Å². The van der Waals surface area contributed by atoms with E-state index in [4.69, 9.17) is 5.11 Å². The second-order valence-electron chi connectivity index (χ2n) is 4.65. The molecule has 1 aliphatic heterocycles. The summed E-state index contributed by atoms with van der Waals surface area (Å²) in [4.78, 5) is 45.4. The van der Waals surface area contributed by atoms with Crippen LogP contribution in [0.3, 0.4) is 0 Å². The van der Waals surface area contributed by atoms with Crippen LogP contribution in [-0.2, 0) is 20.8 Å². The number of carbonyl (C=O) groups excluding carboxylic acids is 2. The molecule has 1 N–H and O–H groups in total. The minimum absolute atomic E-state index is 0.0307. The van der Waals surface area contributed by atoms with Gasteiger partial charge < -0.3 is 5.11 Å². The first-order chi connectivity index (χ1) is 9.90. The van der Waals surface area contributed by atoms with Gasteiger partial charge in [0.2, 0.25) is 11.8 Å². The van der Waals surface area contributed by atoms with Crippen molar-refractivity contribution in [2.24, 2.45) is 0 Å². The SMILES string of the molecule is O=C(O)C1CCC(=O)N1C(=O)Cc1ccc([N+](=O)[O-])cc1. The van der Waals surface area contributed by atoms with Gasteiger partial charge in [0.05, 0.1) is 11.3 Å². The van der Waals surface area contributed by atoms with Gasteiger partial charge in [0.1, 0.15) is 6.04 Å². The average molecular weight is 292 g/mol. The highest BCUT2D eigenvalue weighted by molar-refractivity contribution is 6.02. The minimum Gasteiger partial charge on any atom is -0.480 e. The van der Waals surface area contributed by atoms with Crippen molar-refractivity contribution in [3.8, 4) is 0 Å². The van der Waals surface area contributed by atoms with Crippen LogP contribution in [0.4, 0.5) is 5.69 Å². The molecule has 0 bridgehead atoms. The molecular weight excluding hydrogens is 280 g/mol. The highest BCUT2D eigenvalue weighted by Crippen LogP contribution is 2.21. The van der Waals surface area contributed by atoms with Gasteiger partial charge in [0.15, 0.2) is 0 Å². The van der Waals surface area contributed by atoms with Gasteiger partial charge in [0, 0.05) is 18.6 Å². The van der Waals surface area contributed by atoms with Crippen molar-refractivity contribution >= 4 is 23.5 Å². The highest BCUT2D eigenvalue weighted by Gasteiger charge is 2.39. The summed E-state index contributed by atoms with van der Waals surface area (Å²) in [6.45, 7) is 0. The lowest BCUT2D eigenvalue weighted by Crippen LogP contribution is -2.43. The molecule has 21 heavy (non-hydrogen) atoms. The number of likely N-dealkylation sites (tertiary alicyclic amines) is 1. The van der Waals surface area contributed by atoms with Crippen molar-refractivity contribution < 1.29 is 24.4 Å². The van der Waals surface area contributed by atoms with Crippen molar-refractivity contribution in [1.29, 1.82) is 0 Å². The number of nitrogens with zero attached hydrogens (tertiary/aromatic N) is 2. The van der Waals surface area contributed by atoms with Crippen LogP contribution in [0.15, 0.2) is 24.3 Å². The summed E-state index contributed by atoms with van der Waals surface area (Å²) < 4.78 is 0. The van der Waals surface area contributed by atoms with Gasteiger partial charge in [-0.15, -0.1) is 0 Å². The number of amides is 2. The van der Waals surface area contributed by atoms with Crippen LogP contribution in [0, 0.1) is 10.1 Å². The summed E-state index contributed by atoms with van der Waals surface area (Å²) in [6, 6.07) is 4.20. The molecule has 110 valence electrons. The number of nitro groups is 1. The number of rotatable bonds is 4. The van der Waals surface area contributed by atoms with E-state index in [1.807, 2.05) is 0 Å². The molecule has 0 aliphatic carbocycles. The molecule has 1 aliphatic rings. The largest absolute Gasteiger partial charge is 0.480 e. The van der Waals surface area contributed by atoms with E-state index in [0.717, 1.165) is 4.90 Å². The van der Waals surface area contributed by atoms with Crippen LogP contribution in [0.2, 0.25) is 0 Å². The molecule has 1 aromatic carbocycles. The maximum absolute atomic E-state index is 12.1. The van der Waals surface area contributed by atoms with E-state index in [0.29, 0.717) is 5.56 Å². The fourth-order valence-electron chi connectivity index (χ4n) is 2.23. The Morgan fingerprint density at radius 2 is 1.95 bits per heavy atom. The molecule has 8 heteroatoms. The fraction of sp³-hybridized carbons (Fsp3) is 0.308. The Bertz CT molecular complexity index is 610. The van der Waals surface area contributed by atoms with Crippen molar-refractivity contribution in [2.45, 2.75) is 25.3 Å². The zero-order chi connectivity index (χ0) is 15.6. The number of imide groups is 1. The molecular formula is C13H12N2O6. The normalized spacial score (nSPS) is 17.8. The number of nitro benzene ring substituents is 1. The van der Waals surface area contributed by atoms with E-state index in [1.165, 1.54) is 24.3 Å². The molecule has 1 atom stereocenters. The fourth-order valence-corrected chi connectivity index (χ4v) is 2.23. The van der Waals surface area contributed by atoms with Crippen LogP contribution >= 0.6 is 0 Å². The molecule has 1 aromatic rings. The highest BCUT2D eigenvalue weighted by atomic mass is 16.6. The maximum atomic E-state index is 12.1. The Morgan fingerprint density at radius 3 is 2.48 bits per heavy atom. The molecule has 1 heterocycles. The predicted molar refractivity (Wildman–Crippen MR) is 69.3 cm³/mol. The van der Waals surface area contributed by atoms with Crippen LogP contribution < -0.4 is 0 Å². The third-order valence-corrected chi connectivity index (χ3v) is 3.27.